The molecular formula is C10H11Cl2N. The van der Waals surface area contributed by atoms with Crippen molar-refractivity contribution in [1.82, 2.24) is 5.32 Å². The van der Waals surface area contributed by atoms with E-state index in [-0.39, 0.29) is 0 Å². The lowest BCUT2D eigenvalue weighted by Crippen LogP contribution is -2.28. The molecule has 0 saturated carbocycles. The van der Waals surface area contributed by atoms with Crippen LogP contribution in [0.2, 0.25) is 10.0 Å². The van der Waals surface area contributed by atoms with Crippen molar-refractivity contribution >= 4 is 23.2 Å². The average Bonchev–Trinajstić information content (AvgIpc) is 2.02. The van der Waals surface area contributed by atoms with Gasteiger partial charge in [0, 0.05) is 16.1 Å². The third kappa shape index (κ3) is 1.69. The quantitative estimate of drug-likeness (QED) is 0.702. The third-order valence-electron chi connectivity index (χ3n) is 2.46. The number of fused-ring (bicyclic) bond motifs is 1. The van der Waals surface area contributed by atoms with Crippen LogP contribution in [0.5, 0.6) is 0 Å². The Labute approximate surface area is 88.0 Å². The minimum atomic E-state index is 0.341. The Balaban J connectivity index is 2.56. The first kappa shape index (κ1) is 9.32. The van der Waals surface area contributed by atoms with Gasteiger partial charge in [0.05, 0.1) is 0 Å². The van der Waals surface area contributed by atoms with Crippen molar-refractivity contribution < 1.29 is 0 Å². The second kappa shape index (κ2) is 3.49. The van der Waals surface area contributed by atoms with Crippen LogP contribution in [-0.2, 0) is 6.42 Å². The van der Waals surface area contributed by atoms with Crippen LogP contribution < -0.4 is 5.32 Å². The number of halogens is 2. The first-order chi connectivity index (χ1) is 6.18. The second-order valence-electron chi connectivity index (χ2n) is 3.39. The highest BCUT2D eigenvalue weighted by atomic mass is 35.5. The molecule has 13 heavy (non-hydrogen) atoms. The predicted octanol–water partition coefficient (Wildman–Crippen LogP) is 3.20. The maximum Gasteiger partial charge on any atom is 0.0471 e. The number of hydrogen-bond acceptors (Lipinski definition) is 1. The molecule has 0 amide bonds. The van der Waals surface area contributed by atoms with E-state index in [1.807, 2.05) is 12.1 Å². The summed E-state index contributed by atoms with van der Waals surface area (Å²) in [5.74, 6) is 0. The zero-order valence-electron chi connectivity index (χ0n) is 7.40. The highest BCUT2D eigenvalue weighted by Crippen LogP contribution is 2.32. The third-order valence-corrected chi connectivity index (χ3v) is 2.99. The summed E-state index contributed by atoms with van der Waals surface area (Å²) in [5, 5.41) is 4.88. The summed E-state index contributed by atoms with van der Waals surface area (Å²) < 4.78 is 0. The monoisotopic (exact) mass is 215 g/mol. The van der Waals surface area contributed by atoms with Gasteiger partial charge in [0.25, 0.3) is 0 Å². The molecule has 0 saturated heterocycles. The van der Waals surface area contributed by atoms with E-state index in [0.717, 1.165) is 23.0 Å². The van der Waals surface area contributed by atoms with Crippen LogP contribution in [0.15, 0.2) is 12.1 Å². The fourth-order valence-corrected chi connectivity index (χ4v) is 2.55. The van der Waals surface area contributed by atoms with E-state index in [1.54, 1.807) is 0 Å². The molecule has 1 aliphatic heterocycles. The molecular weight excluding hydrogens is 205 g/mol. The predicted molar refractivity (Wildman–Crippen MR) is 56.6 cm³/mol. The summed E-state index contributed by atoms with van der Waals surface area (Å²) in [6.45, 7) is 3.13. The summed E-state index contributed by atoms with van der Waals surface area (Å²) >= 11 is 12.0. The lowest BCUT2D eigenvalue weighted by atomic mass is 9.95. The fraction of sp³-hybridized carbons (Fsp3) is 0.400. The molecule has 0 fully saturated rings. The Morgan fingerprint density at radius 1 is 1.38 bits per heavy atom. The van der Waals surface area contributed by atoms with Gasteiger partial charge in [0.2, 0.25) is 0 Å². The van der Waals surface area contributed by atoms with E-state index in [4.69, 9.17) is 23.2 Å². The van der Waals surface area contributed by atoms with Crippen molar-refractivity contribution in [2.45, 2.75) is 19.4 Å². The van der Waals surface area contributed by atoms with Gasteiger partial charge in [-0.3, -0.25) is 0 Å². The summed E-state index contributed by atoms with van der Waals surface area (Å²) in [4.78, 5) is 0. The molecule has 1 nitrogen and oxygen atoms in total. The summed E-state index contributed by atoms with van der Waals surface area (Å²) in [6.07, 6.45) is 1.01. The maximum absolute atomic E-state index is 6.12. The summed E-state index contributed by atoms with van der Waals surface area (Å²) in [7, 11) is 0. The van der Waals surface area contributed by atoms with Crippen molar-refractivity contribution in [3.63, 3.8) is 0 Å². The zero-order valence-corrected chi connectivity index (χ0v) is 8.91. The second-order valence-corrected chi connectivity index (χ2v) is 4.23. The molecule has 70 valence electrons. The van der Waals surface area contributed by atoms with Crippen molar-refractivity contribution in [2.24, 2.45) is 0 Å². The SMILES string of the molecule is C[C@@H]1NCCc2cc(Cl)cc(Cl)c21. The van der Waals surface area contributed by atoms with Gasteiger partial charge in [-0.25, -0.2) is 0 Å². The fourth-order valence-electron chi connectivity index (χ4n) is 1.86. The van der Waals surface area contributed by atoms with Gasteiger partial charge in [0.1, 0.15) is 0 Å². The van der Waals surface area contributed by atoms with Gasteiger partial charge in [0.15, 0.2) is 0 Å². The molecule has 3 heteroatoms. The number of nitrogens with one attached hydrogen (secondary N) is 1. The van der Waals surface area contributed by atoms with E-state index in [1.165, 1.54) is 11.1 Å². The van der Waals surface area contributed by atoms with E-state index in [2.05, 4.69) is 12.2 Å². The summed E-state index contributed by atoms with van der Waals surface area (Å²) in [5.41, 5.74) is 2.49. The largest absolute Gasteiger partial charge is 0.310 e. The van der Waals surface area contributed by atoms with Crippen LogP contribution in [0.4, 0.5) is 0 Å². The van der Waals surface area contributed by atoms with Crippen LogP contribution in [0.1, 0.15) is 24.1 Å². The minimum absolute atomic E-state index is 0.341. The Hall–Kier alpha value is -0.240. The van der Waals surface area contributed by atoms with E-state index in [0.29, 0.717) is 6.04 Å². The van der Waals surface area contributed by atoms with Crippen LogP contribution in [0.3, 0.4) is 0 Å². The lowest BCUT2D eigenvalue weighted by Gasteiger charge is -2.25. The molecule has 1 aromatic rings. The maximum atomic E-state index is 6.12. The smallest absolute Gasteiger partial charge is 0.0471 e. The van der Waals surface area contributed by atoms with Gasteiger partial charge < -0.3 is 5.32 Å². The molecule has 2 rings (SSSR count). The molecule has 0 unspecified atom stereocenters. The molecule has 0 spiro atoms. The van der Waals surface area contributed by atoms with Gasteiger partial charge in [-0.1, -0.05) is 23.2 Å². The van der Waals surface area contributed by atoms with E-state index >= 15 is 0 Å². The molecule has 0 radical (unpaired) electrons. The molecule has 0 bridgehead atoms. The lowest BCUT2D eigenvalue weighted by molar-refractivity contribution is 0.541. The topological polar surface area (TPSA) is 12.0 Å². The minimum Gasteiger partial charge on any atom is -0.310 e. The standard InChI is InChI=1S/C10H11Cl2N/c1-6-10-7(2-3-13-6)4-8(11)5-9(10)12/h4-6,13H,2-3H2,1H3/t6-/m0/s1. The van der Waals surface area contributed by atoms with Crippen LogP contribution >= 0.6 is 23.2 Å². The highest BCUT2D eigenvalue weighted by Gasteiger charge is 2.18. The Bertz CT molecular complexity index is 336. The van der Waals surface area contributed by atoms with Crippen LogP contribution in [-0.4, -0.2) is 6.54 Å². The van der Waals surface area contributed by atoms with Gasteiger partial charge in [-0.2, -0.15) is 0 Å². The van der Waals surface area contributed by atoms with Crippen LogP contribution in [0.25, 0.3) is 0 Å². The molecule has 1 aromatic carbocycles. The van der Waals surface area contributed by atoms with Crippen molar-refractivity contribution in [2.75, 3.05) is 6.54 Å². The first-order valence-electron chi connectivity index (χ1n) is 4.39. The molecule has 1 atom stereocenters. The zero-order chi connectivity index (χ0) is 9.42. The van der Waals surface area contributed by atoms with Gasteiger partial charge in [-0.15, -0.1) is 0 Å². The molecule has 1 heterocycles. The van der Waals surface area contributed by atoms with E-state index in [9.17, 15) is 0 Å². The van der Waals surface area contributed by atoms with Gasteiger partial charge >= 0.3 is 0 Å². The van der Waals surface area contributed by atoms with Crippen molar-refractivity contribution in [1.29, 1.82) is 0 Å². The van der Waals surface area contributed by atoms with Crippen LogP contribution in [0, 0.1) is 0 Å². The normalized spacial score (nSPS) is 21.3. The number of rotatable bonds is 0. The number of benzene rings is 1. The Morgan fingerprint density at radius 2 is 2.15 bits per heavy atom. The Morgan fingerprint density at radius 3 is 2.92 bits per heavy atom. The average molecular weight is 216 g/mol. The Kier molecular flexibility index (Phi) is 2.50. The van der Waals surface area contributed by atoms with Gasteiger partial charge in [-0.05, 0) is 43.1 Å². The van der Waals surface area contributed by atoms with E-state index < -0.39 is 0 Å². The highest BCUT2D eigenvalue weighted by molar-refractivity contribution is 6.35. The number of hydrogen-bond donors (Lipinski definition) is 1. The van der Waals surface area contributed by atoms with Crippen molar-refractivity contribution in [3.8, 4) is 0 Å². The van der Waals surface area contributed by atoms with Crippen molar-refractivity contribution in [3.05, 3.63) is 33.3 Å². The molecule has 0 aliphatic carbocycles. The molecule has 1 aliphatic rings. The molecule has 1 N–H and O–H groups in total. The first-order valence-corrected chi connectivity index (χ1v) is 5.15. The summed E-state index contributed by atoms with van der Waals surface area (Å²) in [6, 6.07) is 4.17. The molecule has 0 aromatic heterocycles.